The summed E-state index contributed by atoms with van der Waals surface area (Å²) in [6.07, 6.45) is 6.29. The summed E-state index contributed by atoms with van der Waals surface area (Å²) in [6, 6.07) is 18.3. The molecule has 3 aromatic rings. The van der Waals surface area contributed by atoms with Crippen molar-refractivity contribution in [3.8, 4) is 0 Å². The number of carbonyl (C=O) groups is 1. The zero-order chi connectivity index (χ0) is 27.2. The number of aromatic nitrogens is 2. The number of nitrogens with one attached hydrogen (secondary N) is 1. The Morgan fingerprint density at radius 2 is 1.76 bits per heavy atom. The number of rotatable bonds is 11. The molecule has 1 aliphatic rings. The van der Waals surface area contributed by atoms with Crippen LogP contribution in [0.3, 0.4) is 0 Å². The molecular weight excluding hydrogens is 502 g/mol. The minimum absolute atomic E-state index is 0.0401. The van der Waals surface area contributed by atoms with Crippen molar-refractivity contribution < 1.29 is 23.1 Å². The van der Waals surface area contributed by atoms with Crippen LogP contribution < -0.4 is 4.72 Å². The van der Waals surface area contributed by atoms with E-state index in [0.29, 0.717) is 30.5 Å². The van der Waals surface area contributed by atoms with Gasteiger partial charge < -0.3 is 9.84 Å². The van der Waals surface area contributed by atoms with E-state index in [0.717, 1.165) is 18.4 Å². The summed E-state index contributed by atoms with van der Waals surface area (Å²) in [5, 5.41) is 10.9. The molecule has 0 radical (unpaired) electrons. The molecule has 200 valence electrons. The fourth-order valence-corrected chi connectivity index (χ4v) is 6.00. The van der Waals surface area contributed by atoms with E-state index in [-0.39, 0.29) is 22.9 Å². The van der Waals surface area contributed by atoms with Crippen molar-refractivity contribution in [1.29, 1.82) is 0 Å². The Hall–Kier alpha value is -3.72. The second-order valence-corrected chi connectivity index (χ2v) is 11.1. The van der Waals surface area contributed by atoms with Crippen LogP contribution in [0.2, 0.25) is 0 Å². The lowest BCUT2D eigenvalue weighted by molar-refractivity contribution is -0.161. The van der Waals surface area contributed by atoms with Gasteiger partial charge in [0.05, 0.1) is 5.57 Å². The number of anilines is 1. The first-order chi connectivity index (χ1) is 18.3. The van der Waals surface area contributed by atoms with Crippen LogP contribution in [0.4, 0.5) is 5.69 Å². The SMILES string of the molecule is CCCC1(CCc2ccccc2)CC(O)=C(C(CC)c2cccc(NS(=O)(=O)c3ncccn3)c2)C(=O)O1. The summed E-state index contributed by atoms with van der Waals surface area (Å²) >= 11 is 0. The molecule has 0 saturated carbocycles. The molecule has 2 aromatic carbocycles. The third kappa shape index (κ3) is 6.22. The van der Waals surface area contributed by atoms with E-state index in [1.807, 2.05) is 50.2 Å². The number of carbonyl (C=O) groups excluding carboxylic acids is 1. The summed E-state index contributed by atoms with van der Waals surface area (Å²) in [7, 11) is -3.99. The number of nitrogens with zero attached hydrogens (tertiary/aromatic N) is 2. The molecule has 0 bridgehead atoms. The quantitative estimate of drug-likeness (QED) is 0.239. The number of ether oxygens (including phenoxy) is 1. The summed E-state index contributed by atoms with van der Waals surface area (Å²) in [5.74, 6) is -0.947. The van der Waals surface area contributed by atoms with Crippen molar-refractivity contribution in [3.05, 3.63) is 95.5 Å². The number of hydrogen-bond donors (Lipinski definition) is 2. The maximum atomic E-state index is 13.4. The number of hydrogen-bond acceptors (Lipinski definition) is 7. The fraction of sp³-hybridized carbons (Fsp3) is 0.345. The third-order valence-corrected chi connectivity index (χ3v) is 8.02. The monoisotopic (exact) mass is 535 g/mol. The van der Waals surface area contributed by atoms with Crippen LogP contribution in [-0.2, 0) is 26.0 Å². The fourth-order valence-electron chi connectivity index (χ4n) is 5.08. The van der Waals surface area contributed by atoms with Crippen LogP contribution in [0, 0.1) is 0 Å². The van der Waals surface area contributed by atoms with Gasteiger partial charge in [0, 0.05) is 30.4 Å². The van der Waals surface area contributed by atoms with Crippen molar-refractivity contribution in [2.24, 2.45) is 0 Å². The van der Waals surface area contributed by atoms with Crippen molar-refractivity contribution >= 4 is 21.7 Å². The number of esters is 1. The van der Waals surface area contributed by atoms with Crippen LogP contribution in [0.1, 0.15) is 63.0 Å². The highest BCUT2D eigenvalue weighted by Gasteiger charge is 2.43. The van der Waals surface area contributed by atoms with Crippen LogP contribution in [0.15, 0.2) is 89.5 Å². The molecule has 0 spiro atoms. The Morgan fingerprint density at radius 3 is 2.42 bits per heavy atom. The summed E-state index contributed by atoms with van der Waals surface area (Å²) in [4.78, 5) is 21.0. The van der Waals surface area contributed by atoms with Gasteiger partial charge in [0.2, 0.25) is 0 Å². The first-order valence-electron chi connectivity index (χ1n) is 12.9. The van der Waals surface area contributed by atoms with Crippen molar-refractivity contribution in [2.45, 2.75) is 69.0 Å². The molecule has 1 aliphatic heterocycles. The normalized spacial score (nSPS) is 18.6. The third-order valence-electron chi connectivity index (χ3n) is 6.83. The van der Waals surface area contributed by atoms with E-state index in [1.54, 1.807) is 18.2 Å². The Labute approximate surface area is 223 Å². The van der Waals surface area contributed by atoms with Gasteiger partial charge in [-0.1, -0.05) is 62.7 Å². The van der Waals surface area contributed by atoms with Crippen molar-refractivity contribution in [3.63, 3.8) is 0 Å². The summed E-state index contributed by atoms with van der Waals surface area (Å²) in [5.41, 5.74) is 1.61. The lowest BCUT2D eigenvalue weighted by Gasteiger charge is -2.38. The molecule has 2 atom stereocenters. The van der Waals surface area contributed by atoms with Gasteiger partial charge in [0.25, 0.3) is 15.2 Å². The molecule has 38 heavy (non-hydrogen) atoms. The van der Waals surface area contributed by atoms with Crippen LogP contribution >= 0.6 is 0 Å². The predicted octanol–water partition coefficient (Wildman–Crippen LogP) is 5.70. The molecule has 0 aliphatic carbocycles. The number of benzene rings is 2. The van der Waals surface area contributed by atoms with Gasteiger partial charge in [-0.05, 0) is 55.0 Å². The molecule has 2 unspecified atom stereocenters. The van der Waals surface area contributed by atoms with Gasteiger partial charge in [0.15, 0.2) is 0 Å². The van der Waals surface area contributed by atoms with Gasteiger partial charge in [-0.2, -0.15) is 8.42 Å². The molecule has 2 heterocycles. The maximum absolute atomic E-state index is 13.4. The Balaban J connectivity index is 1.59. The van der Waals surface area contributed by atoms with Gasteiger partial charge in [0.1, 0.15) is 11.4 Å². The average Bonchev–Trinajstić information content (AvgIpc) is 2.91. The molecule has 4 rings (SSSR count). The molecule has 2 N–H and O–H groups in total. The van der Waals surface area contributed by atoms with Gasteiger partial charge >= 0.3 is 5.97 Å². The molecule has 0 amide bonds. The van der Waals surface area contributed by atoms with Crippen LogP contribution in [0.25, 0.3) is 0 Å². The highest BCUT2D eigenvalue weighted by molar-refractivity contribution is 7.92. The standard InChI is InChI=1S/C29H33N3O5S/c1-3-15-29(16-14-21-10-6-5-7-11-21)20-25(33)26(27(34)37-29)24(4-2)22-12-8-13-23(19-22)32-38(35,36)28-30-17-9-18-31-28/h5-13,17-19,24,32-33H,3-4,14-16,20H2,1-2H3. The van der Waals surface area contributed by atoms with Crippen LogP contribution in [-0.4, -0.2) is 35.1 Å². The number of aliphatic hydroxyl groups is 1. The highest BCUT2D eigenvalue weighted by atomic mass is 32.2. The zero-order valence-corrected chi connectivity index (χ0v) is 22.4. The molecule has 8 nitrogen and oxygen atoms in total. The second-order valence-electron chi connectivity index (χ2n) is 9.57. The molecule has 0 saturated heterocycles. The minimum atomic E-state index is -3.99. The van der Waals surface area contributed by atoms with E-state index in [9.17, 15) is 18.3 Å². The Bertz CT molecular complexity index is 1390. The van der Waals surface area contributed by atoms with Gasteiger partial charge in [-0.3, -0.25) is 4.72 Å². The first kappa shape index (κ1) is 27.3. The molecule has 9 heteroatoms. The van der Waals surface area contributed by atoms with E-state index in [1.165, 1.54) is 18.5 Å². The largest absolute Gasteiger partial charge is 0.512 e. The van der Waals surface area contributed by atoms with Crippen LogP contribution in [0.5, 0.6) is 0 Å². The van der Waals surface area contributed by atoms with Gasteiger partial charge in [-0.15, -0.1) is 0 Å². The first-order valence-corrected chi connectivity index (χ1v) is 14.3. The predicted molar refractivity (Wildman–Crippen MR) is 145 cm³/mol. The van der Waals surface area contributed by atoms with E-state index in [4.69, 9.17) is 4.74 Å². The molecule has 0 fully saturated rings. The van der Waals surface area contributed by atoms with Crippen molar-refractivity contribution in [2.75, 3.05) is 4.72 Å². The summed E-state index contributed by atoms with van der Waals surface area (Å²) in [6.45, 7) is 3.95. The number of cyclic esters (lactones) is 1. The lowest BCUT2D eigenvalue weighted by Crippen LogP contribution is -2.41. The highest BCUT2D eigenvalue weighted by Crippen LogP contribution is 2.42. The topological polar surface area (TPSA) is 118 Å². The number of sulfonamides is 1. The molecular formula is C29H33N3O5S. The Kier molecular flexibility index (Phi) is 8.46. The molecule has 1 aromatic heterocycles. The smallest absolute Gasteiger partial charge is 0.338 e. The maximum Gasteiger partial charge on any atom is 0.338 e. The van der Waals surface area contributed by atoms with E-state index in [2.05, 4.69) is 14.7 Å². The van der Waals surface area contributed by atoms with E-state index < -0.39 is 27.5 Å². The summed E-state index contributed by atoms with van der Waals surface area (Å²) < 4.78 is 34.0. The second kappa shape index (κ2) is 11.8. The Morgan fingerprint density at radius 1 is 1.03 bits per heavy atom. The average molecular weight is 536 g/mol. The number of aliphatic hydroxyl groups excluding tert-OH is 1. The zero-order valence-electron chi connectivity index (χ0n) is 21.6. The lowest BCUT2D eigenvalue weighted by atomic mass is 9.80. The minimum Gasteiger partial charge on any atom is -0.512 e. The number of aryl methyl sites for hydroxylation is 1. The van der Waals surface area contributed by atoms with E-state index >= 15 is 0 Å². The van der Waals surface area contributed by atoms with Crippen molar-refractivity contribution in [1.82, 2.24) is 9.97 Å². The van der Waals surface area contributed by atoms with Gasteiger partial charge in [-0.25, -0.2) is 14.8 Å².